The molecular weight excluding hydrogens is 231 g/mol. The van der Waals surface area contributed by atoms with Gasteiger partial charge in [0.25, 0.3) is 0 Å². The first-order valence-electron chi connectivity index (χ1n) is 5.83. The van der Waals surface area contributed by atoms with E-state index in [9.17, 15) is 9.50 Å². The average molecular weight is 246 g/mol. The smallest absolute Gasteiger partial charge is 0.123 e. The molecule has 0 amide bonds. The molecule has 0 fully saturated rings. The summed E-state index contributed by atoms with van der Waals surface area (Å²) in [6.07, 6.45) is 4.39. The lowest BCUT2D eigenvalue weighted by molar-refractivity contribution is 0.461. The van der Waals surface area contributed by atoms with Crippen LogP contribution in [0.5, 0.6) is 5.75 Å². The van der Waals surface area contributed by atoms with Crippen LogP contribution in [0.1, 0.15) is 11.1 Å². The normalized spacial score (nSPS) is 10.5. The van der Waals surface area contributed by atoms with Gasteiger partial charge in [-0.3, -0.25) is 4.98 Å². The number of phenolic OH excluding ortho intramolecular Hbond substituents is 1. The Kier molecular flexibility index (Phi) is 4.25. The number of aromatic nitrogens is 1. The number of pyridine rings is 1. The number of hydrogen-bond acceptors (Lipinski definition) is 3. The van der Waals surface area contributed by atoms with E-state index in [1.807, 2.05) is 12.1 Å². The van der Waals surface area contributed by atoms with Crippen LogP contribution in [0.2, 0.25) is 0 Å². The van der Waals surface area contributed by atoms with Crippen molar-refractivity contribution in [2.45, 2.75) is 13.0 Å². The maximum Gasteiger partial charge on any atom is 0.123 e. The summed E-state index contributed by atoms with van der Waals surface area (Å²) >= 11 is 0. The molecule has 0 atom stereocenters. The van der Waals surface area contributed by atoms with Crippen molar-refractivity contribution in [1.29, 1.82) is 0 Å². The molecule has 1 heterocycles. The molecule has 0 bridgehead atoms. The van der Waals surface area contributed by atoms with E-state index in [0.29, 0.717) is 12.1 Å². The van der Waals surface area contributed by atoms with Crippen LogP contribution in [0.4, 0.5) is 4.39 Å². The Balaban J connectivity index is 1.80. The summed E-state index contributed by atoms with van der Waals surface area (Å²) < 4.78 is 13.0. The first kappa shape index (κ1) is 12.5. The summed E-state index contributed by atoms with van der Waals surface area (Å²) in [5, 5.41) is 12.7. The molecule has 2 N–H and O–H groups in total. The highest BCUT2D eigenvalue weighted by molar-refractivity contribution is 5.32. The van der Waals surface area contributed by atoms with Crippen LogP contribution in [0, 0.1) is 5.82 Å². The number of aromatic hydroxyl groups is 1. The van der Waals surface area contributed by atoms with Crippen molar-refractivity contribution >= 4 is 0 Å². The fourth-order valence-electron chi connectivity index (χ4n) is 1.70. The Morgan fingerprint density at radius 2 is 1.94 bits per heavy atom. The molecule has 0 saturated heterocycles. The number of hydrogen-bond donors (Lipinski definition) is 2. The standard InChI is InChI=1S/C14H15FN2O/c15-13-1-2-14(18)12(9-13)10-17-8-5-11-3-6-16-7-4-11/h1-4,6-7,9,17-18H,5,8,10H2. The second-order valence-electron chi connectivity index (χ2n) is 4.06. The zero-order valence-corrected chi connectivity index (χ0v) is 9.94. The zero-order valence-electron chi connectivity index (χ0n) is 9.94. The third-order valence-corrected chi connectivity index (χ3v) is 2.70. The Bertz CT molecular complexity index is 502. The van der Waals surface area contributed by atoms with Crippen molar-refractivity contribution in [2.24, 2.45) is 0 Å². The molecule has 0 aliphatic heterocycles. The lowest BCUT2D eigenvalue weighted by Crippen LogP contribution is -2.16. The Morgan fingerprint density at radius 3 is 2.72 bits per heavy atom. The molecule has 0 saturated carbocycles. The van der Waals surface area contributed by atoms with Gasteiger partial charge in [-0.05, 0) is 48.9 Å². The van der Waals surface area contributed by atoms with Crippen LogP contribution in [-0.4, -0.2) is 16.6 Å². The van der Waals surface area contributed by atoms with Gasteiger partial charge < -0.3 is 10.4 Å². The Hall–Kier alpha value is -1.94. The highest BCUT2D eigenvalue weighted by Gasteiger charge is 2.02. The highest BCUT2D eigenvalue weighted by atomic mass is 19.1. The monoisotopic (exact) mass is 246 g/mol. The van der Waals surface area contributed by atoms with Crippen LogP contribution >= 0.6 is 0 Å². The van der Waals surface area contributed by atoms with E-state index in [-0.39, 0.29) is 11.6 Å². The molecule has 3 nitrogen and oxygen atoms in total. The van der Waals surface area contributed by atoms with Gasteiger partial charge in [0, 0.05) is 24.5 Å². The summed E-state index contributed by atoms with van der Waals surface area (Å²) in [6.45, 7) is 1.22. The summed E-state index contributed by atoms with van der Waals surface area (Å²) in [7, 11) is 0. The van der Waals surface area contributed by atoms with E-state index in [1.54, 1.807) is 12.4 Å². The highest BCUT2D eigenvalue weighted by Crippen LogP contribution is 2.17. The van der Waals surface area contributed by atoms with Gasteiger partial charge in [0.15, 0.2) is 0 Å². The number of rotatable bonds is 5. The van der Waals surface area contributed by atoms with E-state index in [0.717, 1.165) is 13.0 Å². The maximum absolute atomic E-state index is 13.0. The van der Waals surface area contributed by atoms with Crippen molar-refractivity contribution in [3.63, 3.8) is 0 Å². The van der Waals surface area contributed by atoms with Crippen molar-refractivity contribution in [3.8, 4) is 5.75 Å². The Morgan fingerprint density at radius 1 is 1.17 bits per heavy atom. The van der Waals surface area contributed by atoms with Crippen LogP contribution in [0.15, 0.2) is 42.7 Å². The predicted octanol–water partition coefficient (Wildman–Crippen LogP) is 2.26. The largest absolute Gasteiger partial charge is 0.508 e. The summed E-state index contributed by atoms with van der Waals surface area (Å²) in [4.78, 5) is 3.95. The van der Waals surface area contributed by atoms with Gasteiger partial charge in [0.2, 0.25) is 0 Å². The molecule has 0 spiro atoms. The number of nitrogens with zero attached hydrogens (tertiary/aromatic N) is 1. The van der Waals surface area contributed by atoms with Gasteiger partial charge in [-0.2, -0.15) is 0 Å². The molecule has 2 rings (SSSR count). The summed E-state index contributed by atoms with van der Waals surface area (Å²) in [5.74, 6) is -0.216. The fourth-order valence-corrected chi connectivity index (χ4v) is 1.70. The first-order chi connectivity index (χ1) is 8.75. The third-order valence-electron chi connectivity index (χ3n) is 2.70. The average Bonchev–Trinajstić information content (AvgIpc) is 2.40. The number of benzene rings is 1. The van der Waals surface area contributed by atoms with Crippen molar-refractivity contribution in [3.05, 3.63) is 59.7 Å². The molecule has 0 aliphatic rings. The predicted molar refractivity (Wildman–Crippen MR) is 67.7 cm³/mol. The molecule has 0 radical (unpaired) electrons. The molecule has 94 valence electrons. The topological polar surface area (TPSA) is 45.1 Å². The van der Waals surface area contributed by atoms with Gasteiger partial charge in [-0.1, -0.05) is 0 Å². The second-order valence-corrected chi connectivity index (χ2v) is 4.06. The lowest BCUT2D eigenvalue weighted by atomic mass is 10.1. The van der Waals surface area contributed by atoms with Gasteiger partial charge in [0.05, 0.1) is 0 Å². The molecule has 4 heteroatoms. The third kappa shape index (κ3) is 3.53. The first-order valence-corrected chi connectivity index (χ1v) is 5.83. The summed E-state index contributed by atoms with van der Waals surface area (Å²) in [5.41, 5.74) is 1.77. The molecule has 18 heavy (non-hydrogen) atoms. The minimum Gasteiger partial charge on any atom is -0.508 e. The SMILES string of the molecule is Oc1ccc(F)cc1CNCCc1ccncc1. The second kappa shape index (κ2) is 6.12. The molecule has 1 aromatic heterocycles. The summed E-state index contributed by atoms with van der Waals surface area (Å²) in [6, 6.07) is 7.88. The number of phenols is 1. The molecule has 1 aromatic carbocycles. The van der Waals surface area contributed by atoms with Crippen molar-refractivity contribution < 1.29 is 9.50 Å². The van der Waals surface area contributed by atoms with Gasteiger partial charge in [0.1, 0.15) is 11.6 Å². The fraction of sp³-hybridized carbons (Fsp3) is 0.214. The van der Waals surface area contributed by atoms with Crippen molar-refractivity contribution in [2.75, 3.05) is 6.54 Å². The van der Waals surface area contributed by atoms with Gasteiger partial charge >= 0.3 is 0 Å². The van der Waals surface area contributed by atoms with E-state index in [1.165, 1.54) is 23.8 Å². The minimum absolute atomic E-state index is 0.118. The number of nitrogens with one attached hydrogen (secondary N) is 1. The van der Waals surface area contributed by atoms with Gasteiger partial charge in [-0.15, -0.1) is 0 Å². The quantitative estimate of drug-likeness (QED) is 0.795. The van der Waals surface area contributed by atoms with E-state index in [2.05, 4.69) is 10.3 Å². The minimum atomic E-state index is -0.335. The molecular formula is C14H15FN2O. The van der Waals surface area contributed by atoms with Crippen LogP contribution in [0.25, 0.3) is 0 Å². The zero-order chi connectivity index (χ0) is 12.8. The van der Waals surface area contributed by atoms with E-state index >= 15 is 0 Å². The molecule has 2 aromatic rings. The lowest BCUT2D eigenvalue weighted by Gasteiger charge is -2.07. The van der Waals surface area contributed by atoms with Crippen LogP contribution < -0.4 is 5.32 Å². The van der Waals surface area contributed by atoms with Crippen LogP contribution in [0.3, 0.4) is 0 Å². The Labute approximate surface area is 105 Å². The molecule has 0 aliphatic carbocycles. The van der Waals surface area contributed by atoms with Crippen LogP contribution in [-0.2, 0) is 13.0 Å². The van der Waals surface area contributed by atoms with Crippen molar-refractivity contribution in [1.82, 2.24) is 10.3 Å². The number of halogens is 1. The van der Waals surface area contributed by atoms with E-state index < -0.39 is 0 Å². The molecule has 0 unspecified atom stereocenters. The van der Waals surface area contributed by atoms with Gasteiger partial charge in [-0.25, -0.2) is 4.39 Å². The maximum atomic E-state index is 13.0. The van der Waals surface area contributed by atoms with E-state index in [4.69, 9.17) is 0 Å².